The molecule has 29 heavy (non-hydrogen) atoms. The number of piperidine rings is 1. The highest BCUT2D eigenvalue weighted by molar-refractivity contribution is 6.38. The van der Waals surface area contributed by atoms with Gasteiger partial charge in [0.2, 0.25) is 11.7 Å². The number of unbranched alkanes of at least 4 members (excludes halogenated alkanes) is 2. The van der Waals surface area contributed by atoms with Crippen molar-refractivity contribution in [1.29, 1.82) is 0 Å². The van der Waals surface area contributed by atoms with Crippen molar-refractivity contribution in [3.63, 3.8) is 0 Å². The first-order valence-electron chi connectivity index (χ1n) is 11.0. The Balaban J connectivity index is 1.78. The molecule has 1 fully saturated rings. The van der Waals surface area contributed by atoms with Crippen molar-refractivity contribution in [2.45, 2.75) is 78.2 Å². The Labute approximate surface area is 175 Å². The Hall–Kier alpha value is -2.17. The van der Waals surface area contributed by atoms with Crippen LogP contribution in [-0.2, 0) is 20.8 Å². The molecule has 160 valence electrons. The van der Waals surface area contributed by atoms with Gasteiger partial charge in [0.05, 0.1) is 0 Å². The predicted molar refractivity (Wildman–Crippen MR) is 115 cm³/mol. The Bertz CT molecular complexity index is 685. The fourth-order valence-electron chi connectivity index (χ4n) is 3.63. The maximum absolute atomic E-state index is 12.8. The minimum atomic E-state index is -0.686. The minimum Gasteiger partial charge on any atom is -0.354 e. The lowest BCUT2D eigenvalue weighted by Crippen LogP contribution is -2.55. The van der Waals surface area contributed by atoms with Crippen molar-refractivity contribution < 1.29 is 14.4 Å². The van der Waals surface area contributed by atoms with Crippen molar-refractivity contribution >= 4 is 17.6 Å². The third kappa shape index (κ3) is 6.69. The van der Waals surface area contributed by atoms with E-state index >= 15 is 0 Å². The van der Waals surface area contributed by atoms with Crippen molar-refractivity contribution in [3.8, 4) is 0 Å². The molecular formula is C24H36N2O3. The monoisotopic (exact) mass is 400 g/mol. The van der Waals surface area contributed by atoms with E-state index in [2.05, 4.69) is 29.6 Å². The van der Waals surface area contributed by atoms with Crippen LogP contribution >= 0.6 is 0 Å². The molecule has 1 heterocycles. The van der Waals surface area contributed by atoms with Gasteiger partial charge in [-0.15, -0.1) is 0 Å². The largest absolute Gasteiger partial charge is 0.354 e. The number of Topliss-reactive ketones (excluding diaryl/α,β-unsaturated/α-hetero) is 1. The fourth-order valence-corrected chi connectivity index (χ4v) is 3.63. The molecule has 0 bridgehead atoms. The SMILES string of the molecule is CCC(C)(C)C(=O)C(=O)N1CCCCC1C(=O)NCCCCCc1ccccc1. The van der Waals surface area contributed by atoms with Gasteiger partial charge in [-0.3, -0.25) is 14.4 Å². The molecule has 1 aromatic carbocycles. The van der Waals surface area contributed by atoms with E-state index in [-0.39, 0.29) is 11.7 Å². The van der Waals surface area contributed by atoms with E-state index in [9.17, 15) is 14.4 Å². The zero-order valence-corrected chi connectivity index (χ0v) is 18.2. The first-order chi connectivity index (χ1) is 13.9. The standard InChI is InChI=1S/C24H36N2O3/c1-4-24(2,3)21(27)23(29)26-18-12-10-16-20(26)22(28)25-17-11-6-9-15-19-13-7-5-8-14-19/h5,7-8,13-14,20H,4,6,9-12,15-18H2,1-3H3,(H,25,28). The number of carbonyl (C=O) groups excluding carboxylic acids is 3. The highest BCUT2D eigenvalue weighted by Gasteiger charge is 2.39. The molecule has 1 N–H and O–H groups in total. The maximum Gasteiger partial charge on any atom is 0.291 e. The second kappa shape index (κ2) is 11.1. The Morgan fingerprint density at radius 3 is 2.48 bits per heavy atom. The number of nitrogens with one attached hydrogen (secondary N) is 1. The Kier molecular flexibility index (Phi) is 8.87. The number of hydrogen-bond acceptors (Lipinski definition) is 3. The smallest absolute Gasteiger partial charge is 0.291 e. The van der Waals surface area contributed by atoms with Crippen LogP contribution < -0.4 is 5.32 Å². The highest BCUT2D eigenvalue weighted by atomic mass is 16.2. The first-order valence-corrected chi connectivity index (χ1v) is 11.0. The number of carbonyl (C=O) groups is 3. The fraction of sp³-hybridized carbons (Fsp3) is 0.625. The van der Waals surface area contributed by atoms with Gasteiger partial charge in [-0.1, -0.05) is 57.5 Å². The number of benzene rings is 1. The summed E-state index contributed by atoms with van der Waals surface area (Å²) in [6.45, 7) is 6.59. The molecule has 0 aromatic heterocycles. The quantitative estimate of drug-likeness (QED) is 0.478. The minimum absolute atomic E-state index is 0.122. The zero-order chi connectivity index (χ0) is 21.3. The van der Waals surface area contributed by atoms with E-state index in [4.69, 9.17) is 0 Å². The van der Waals surface area contributed by atoms with E-state index < -0.39 is 17.4 Å². The second-order valence-corrected chi connectivity index (χ2v) is 8.66. The molecule has 5 heteroatoms. The van der Waals surface area contributed by atoms with Crippen LogP contribution in [0.1, 0.15) is 71.3 Å². The molecular weight excluding hydrogens is 364 g/mol. The van der Waals surface area contributed by atoms with Gasteiger partial charge in [0.15, 0.2) is 0 Å². The number of ketones is 1. The van der Waals surface area contributed by atoms with E-state index in [1.165, 1.54) is 10.5 Å². The van der Waals surface area contributed by atoms with Gasteiger partial charge >= 0.3 is 0 Å². The van der Waals surface area contributed by atoms with Crippen LogP contribution in [0.2, 0.25) is 0 Å². The lowest BCUT2D eigenvalue weighted by Gasteiger charge is -2.36. The molecule has 0 saturated carbocycles. The Morgan fingerprint density at radius 2 is 1.79 bits per heavy atom. The molecule has 1 saturated heterocycles. The van der Waals surface area contributed by atoms with Gasteiger partial charge in [0.25, 0.3) is 5.91 Å². The van der Waals surface area contributed by atoms with Gasteiger partial charge in [-0.2, -0.15) is 0 Å². The highest BCUT2D eigenvalue weighted by Crippen LogP contribution is 2.25. The van der Waals surface area contributed by atoms with Crippen LogP contribution in [-0.4, -0.2) is 41.6 Å². The zero-order valence-electron chi connectivity index (χ0n) is 18.2. The molecule has 0 aliphatic carbocycles. The van der Waals surface area contributed by atoms with E-state index in [1.807, 2.05) is 13.0 Å². The summed E-state index contributed by atoms with van der Waals surface area (Å²) in [5.74, 6) is -1.01. The average Bonchev–Trinajstić information content (AvgIpc) is 2.75. The number of likely N-dealkylation sites (tertiary alicyclic amines) is 1. The molecule has 2 amide bonds. The van der Waals surface area contributed by atoms with Crippen molar-refractivity contribution in [1.82, 2.24) is 10.2 Å². The van der Waals surface area contributed by atoms with Crippen LogP contribution in [0.25, 0.3) is 0 Å². The van der Waals surface area contributed by atoms with Gasteiger partial charge in [-0.05, 0) is 50.5 Å². The second-order valence-electron chi connectivity index (χ2n) is 8.66. The van der Waals surface area contributed by atoms with Crippen LogP contribution in [0, 0.1) is 5.41 Å². The molecule has 1 aliphatic rings. The lowest BCUT2D eigenvalue weighted by molar-refractivity contribution is -0.153. The Morgan fingerprint density at radius 1 is 1.07 bits per heavy atom. The van der Waals surface area contributed by atoms with Crippen LogP contribution in [0.3, 0.4) is 0 Å². The normalized spacial score (nSPS) is 17.1. The third-order valence-corrected chi connectivity index (χ3v) is 6.04. The van der Waals surface area contributed by atoms with Crippen LogP contribution in [0.5, 0.6) is 0 Å². The summed E-state index contributed by atoms with van der Waals surface area (Å²) < 4.78 is 0. The topological polar surface area (TPSA) is 66.5 Å². The van der Waals surface area contributed by atoms with Crippen molar-refractivity contribution in [3.05, 3.63) is 35.9 Å². The maximum atomic E-state index is 12.8. The van der Waals surface area contributed by atoms with E-state index in [0.717, 1.165) is 38.5 Å². The van der Waals surface area contributed by atoms with Crippen molar-refractivity contribution in [2.75, 3.05) is 13.1 Å². The average molecular weight is 401 g/mol. The summed E-state index contributed by atoms with van der Waals surface area (Å²) in [4.78, 5) is 39.6. The number of nitrogens with zero attached hydrogens (tertiary/aromatic N) is 1. The van der Waals surface area contributed by atoms with Crippen LogP contribution in [0.15, 0.2) is 30.3 Å². The molecule has 1 aromatic rings. The summed E-state index contributed by atoms with van der Waals surface area (Å²) in [5.41, 5.74) is 0.654. The number of hydrogen-bond donors (Lipinski definition) is 1. The molecule has 5 nitrogen and oxygen atoms in total. The van der Waals surface area contributed by atoms with Gasteiger partial charge in [0.1, 0.15) is 6.04 Å². The number of rotatable bonds is 10. The molecule has 2 rings (SSSR count). The lowest BCUT2D eigenvalue weighted by atomic mass is 9.84. The van der Waals surface area contributed by atoms with Gasteiger partial charge in [0, 0.05) is 18.5 Å². The summed E-state index contributed by atoms with van der Waals surface area (Å²) in [6.07, 6.45) is 7.09. The summed E-state index contributed by atoms with van der Waals surface area (Å²) >= 11 is 0. The molecule has 1 unspecified atom stereocenters. The molecule has 0 radical (unpaired) electrons. The van der Waals surface area contributed by atoms with Crippen LogP contribution in [0.4, 0.5) is 0 Å². The predicted octanol–water partition coefficient (Wildman–Crippen LogP) is 3.90. The molecule has 1 aliphatic heterocycles. The van der Waals surface area contributed by atoms with E-state index in [0.29, 0.717) is 25.9 Å². The molecule has 0 spiro atoms. The summed E-state index contributed by atoms with van der Waals surface area (Å²) in [5, 5.41) is 2.98. The number of amides is 2. The summed E-state index contributed by atoms with van der Waals surface area (Å²) in [6, 6.07) is 9.89. The third-order valence-electron chi connectivity index (χ3n) is 6.04. The summed E-state index contributed by atoms with van der Waals surface area (Å²) in [7, 11) is 0. The molecule has 1 atom stereocenters. The number of aryl methyl sites for hydroxylation is 1. The van der Waals surface area contributed by atoms with Gasteiger partial charge in [-0.25, -0.2) is 0 Å². The van der Waals surface area contributed by atoms with Crippen molar-refractivity contribution in [2.24, 2.45) is 5.41 Å². The van der Waals surface area contributed by atoms with Gasteiger partial charge < -0.3 is 10.2 Å². The first kappa shape index (κ1) is 23.1. The van der Waals surface area contributed by atoms with E-state index in [1.54, 1.807) is 13.8 Å².